The van der Waals surface area contributed by atoms with Crippen LogP contribution < -0.4 is 11.4 Å². The van der Waals surface area contributed by atoms with E-state index in [2.05, 4.69) is 9.97 Å². The zero-order valence-corrected chi connectivity index (χ0v) is 14.4. The first-order valence-corrected chi connectivity index (χ1v) is 8.10. The smallest absolute Gasteiger partial charge is 0.394 e. The third-order valence-electron chi connectivity index (χ3n) is 4.27. The molecule has 0 spiro atoms. The van der Waals surface area contributed by atoms with Crippen LogP contribution in [0.4, 0.5) is 17.6 Å². The Labute approximate surface area is 159 Å². The van der Waals surface area contributed by atoms with E-state index in [1.54, 1.807) is 0 Å². The number of pyridine rings is 1. The van der Waals surface area contributed by atoms with Gasteiger partial charge < -0.3 is 20.7 Å². The quantitative estimate of drug-likeness (QED) is 0.594. The second-order valence-electron chi connectivity index (χ2n) is 6.14. The molecule has 1 aliphatic rings. The lowest BCUT2D eigenvalue weighted by molar-refractivity contribution is -0.141. The predicted molar refractivity (Wildman–Crippen MR) is 87.1 cm³/mol. The second kappa shape index (κ2) is 7.50. The van der Waals surface area contributed by atoms with Crippen LogP contribution in [0.15, 0.2) is 29.2 Å². The molecule has 3 rings (SSSR count). The number of amides is 1. The average Bonchev–Trinajstić information content (AvgIpc) is 2.94. The summed E-state index contributed by atoms with van der Waals surface area (Å²) in [6.07, 6.45) is -10.5. The van der Waals surface area contributed by atoms with Crippen LogP contribution in [-0.4, -0.2) is 55.6 Å². The summed E-state index contributed by atoms with van der Waals surface area (Å²) >= 11 is 0. The maximum Gasteiger partial charge on any atom is 0.433 e. The maximum absolute atomic E-state index is 14.2. The zero-order valence-electron chi connectivity index (χ0n) is 14.4. The van der Waals surface area contributed by atoms with Gasteiger partial charge >= 0.3 is 11.9 Å². The molecule has 2 aromatic heterocycles. The molecule has 1 fully saturated rings. The van der Waals surface area contributed by atoms with Crippen LogP contribution in [0.1, 0.15) is 22.3 Å². The lowest BCUT2D eigenvalue weighted by atomic mass is 10.1. The Morgan fingerprint density at radius 2 is 1.97 bits per heavy atom. The fourth-order valence-corrected chi connectivity index (χ4v) is 2.83. The van der Waals surface area contributed by atoms with Crippen LogP contribution in [0, 0.1) is 0 Å². The first-order chi connectivity index (χ1) is 13.5. The monoisotopic (exact) mass is 418 g/mol. The van der Waals surface area contributed by atoms with Crippen molar-refractivity contribution in [3.05, 3.63) is 46.1 Å². The Balaban J connectivity index is 2.05. The summed E-state index contributed by atoms with van der Waals surface area (Å²) in [4.78, 5) is 30.7. The number of carbonyl (C=O) groups excluding carboxylic acids is 1. The topological polar surface area (TPSA) is 141 Å². The summed E-state index contributed by atoms with van der Waals surface area (Å²) in [5.74, 6) is -1.09. The van der Waals surface area contributed by atoms with Crippen molar-refractivity contribution in [2.45, 2.75) is 30.8 Å². The molecule has 0 radical (unpaired) electrons. The van der Waals surface area contributed by atoms with Gasteiger partial charge in [0.1, 0.15) is 23.6 Å². The minimum absolute atomic E-state index is 0.404. The number of hydrogen-bond acceptors (Lipinski definition) is 7. The lowest BCUT2D eigenvalue weighted by Crippen LogP contribution is -2.33. The minimum atomic E-state index is -4.82. The standard InChI is InChI=1S/C16H14F4N4O5/c17-10-12(26)8(5-25)29-14(10)24-4-3-7(22-15(24)28)11-6(13(21)27)1-2-9(23-11)16(18,19)20/h1-4,8,10,12,14,25-26H,5H2,(H2,21,27)/t8-,10-,12-,14+/m1/s1. The largest absolute Gasteiger partial charge is 0.433 e. The SMILES string of the molecule is NC(=O)c1ccc(C(F)(F)F)nc1-c1ccn([C@H]2O[C@H](CO)[C@@H](O)[C@H]2F)c(=O)n1. The maximum atomic E-state index is 14.2. The summed E-state index contributed by atoms with van der Waals surface area (Å²) in [7, 11) is 0. The molecular formula is C16H14F4N4O5. The highest BCUT2D eigenvalue weighted by Crippen LogP contribution is 2.32. The van der Waals surface area contributed by atoms with Gasteiger partial charge in [0.05, 0.1) is 17.9 Å². The van der Waals surface area contributed by atoms with Gasteiger partial charge in [0.25, 0.3) is 5.91 Å². The molecule has 4 N–H and O–H groups in total. The van der Waals surface area contributed by atoms with Crippen LogP contribution in [0.3, 0.4) is 0 Å². The van der Waals surface area contributed by atoms with Gasteiger partial charge in [0.2, 0.25) is 0 Å². The van der Waals surface area contributed by atoms with E-state index in [-0.39, 0.29) is 0 Å². The number of nitrogens with two attached hydrogens (primary N) is 1. The van der Waals surface area contributed by atoms with E-state index in [9.17, 15) is 32.3 Å². The molecule has 0 aliphatic carbocycles. The number of halogens is 4. The molecule has 1 amide bonds. The van der Waals surface area contributed by atoms with Crippen molar-refractivity contribution >= 4 is 5.91 Å². The minimum Gasteiger partial charge on any atom is -0.394 e. The van der Waals surface area contributed by atoms with E-state index in [1.165, 1.54) is 0 Å². The number of nitrogens with zero attached hydrogens (tertiary/aromatic N) is 3. The fourth-order valence-electron chi connectivity index (χ4n) is 2.83. The Hall–Kier alpha value is -2.90. The fraction of sp³-hybridized carbons (Fsp3) is 0.375. The van der Waals surface area contributed by atoms with Crippen molar-refractivity contribution in [2.24, 2.45) is 5.73 Å². The molecule has 0 bridgehead atoms. The number of carbonyl (C=O) groups is 1. The molecule has 156 valence electrons. The molecule has 1 saturated heterocycles. The number of alkyl halides is 4. The van der Waals surface area contributed by atoms with Crippen LogP contribution >= 0.6 is 0 Å². The molecule has 0 aromatic carbocycles. The van der Waals surface area contributed by atoms with Crippen molar-refractivity contribution in [1.82, 2.24) is 14.5 Å². The van der Waals surface area contributed by atoms with Crippen LogP contribution in [-0.2, 0) is 10.9 Å². The number of aliphatic hydroxyl groups is 2. The number of ether oxygens (including phenoxy) is 1. The first-order valence-electron chi connectivity index (χ1n) is 8.10. The van der Waals surface area contributed by atoms with Crippen molar-refractivity contribution in [2.75, 3.05) is 6.61 Å². The summed E-state index contributed by atoms with van der Waals surface area (Å²) < 4.78 is 58.8. The van der Waals surface area contributed by atoms with E-state index in [0.717, 1.165) is 18.3 Å². The van der Waals surface area contributed by atoms with E-state index < -0.39 is 71.6 Å². The highest BCUT2D eigenvalue weighted by Gasteiger charge is 2.45. The molecule has 3 heterocycles. The number of aromatic nitrogens is 3. The molecule has 2 aromatic rings. The van der Waals surface area contributed by atoms with Gasteiger partial charge in [0, 0.05) is 6.20 Å². The van der Waals surface area contributed by atoms with Crippen LogP contribution in [0.25, 0.3) is 11.4 Å². The van der Waals surface area contributed by atoms with Gasteiger partial charge in [-0.2, -0.15) is 18.2 Å². The molecule has 0 unspecified atom stereocenters. The van der Waals surface area contributed by atoms with Crippen molar-refractivity contribution in [1.29, 1.82) is 0 Å². The van der Waals surface area contributed by atoms with Gasteiger partial charge in [-0.3, -0.25) is 9.36 Å². The van der Waals surface area contributed by atoms with Gasteiger partial charge in [0.15, 0.2) is 12.4 Å². The Bertz CT molecular complexity index is 996. The van der Waals surface area contributed by atoms with Crippen LogP contribution in [0.5, 0.6) is 0 Å². The molecule has 9 nitrogen and oxygen atoms in total. The van der Waals surface area contributed by atoms with Crippen molar-refractivity contribution < 1.29 is 37.3 Å². The Morgan fingerprint density at radius 1 is 1.28 bits per heavy atom. The normalized spacial score (nSPS) is 24.6. The van der Waals surface area contributed by atoms with Gasteiger partial charge in [-0.05, 0) is 18.2 Å². The first kappa shape index (κ1) is 20.8. The molecular weight excluding hydrogens is 404 g/mol. The highest BCUT2D eigenvalue weighted by molar-refractivity contribution is 5.98. The molecule has 29 heavy (non-hydrogen) atoms. The predicted octanol–water partition coefficient (Wildman–Crippen LogP) is 0.0117. The zero-order chi connectivity index (χ0) is 21.5. The number of primary amides is 1. The lowest BCUT2D eigenvalue weighted by Gasteiger charge is -2.16. The number of rotatable bonds is 4. The van der Waals surface area contributed by atoms with E-state index in [1.807, 2.05) is 0 Å². The third-order valence-corrected chi connectivity index (χ3v) is 4.27. The summed E-state index contributed by atoms with van der Waals surface area (Å²) in [5, 5.41) is 18.7. The van der Waals surface area contributed by atoms with Gasteiger partial charge in [-0.15, -0.1) is 0 Å². The number of aliphatic hydroxyl groups excluding tert-OH is 2. The van der Waals surface area contributed by atoms with E-state index in [4.69, 9.17) is 15.6 Å². The molecule has 0 saturated carbocycles. The van der Waals surface area contributed by atoms with E-state index >= 15 is 0 Å². The van der Waals surface area contributed by atoms with Crippen molar-refractivity contribution in [3.8, 4) is 11.4 Å². The summed E-state index contributed by atoms with van der Waals surface area (Å²) in [6, 6.07) is 2.38. The van der Waals surface area contributed by atoms with Crippen molar-refractivity contribution in [3.63, 3.8) is 0 Å². The Kier molecular flexibility index (Phi) is 5.38. The van der Waals surface area contributed by atoms with Gasteiger partial charge in [-0.25, -0.2) is 14.2 Å². The summed E-state index contributed by atoms with van der Waals surface area (Å²) in [6.45, 7) is -0.700. The van der Waals surface area contributed by atoms with Gasteiger partial charge in [-0.1, -0.05) is 0 Å². The van der Waals surface area contributed by atoms with E-state index in [0.29, 0.717) is 10.6 Å². The molecule has 4 atom stereocenters. The second-order valence-corrected chi connectivity index (χ2v) is 6.14. The Morgan fingerprint density at radius 3 is 2.48 bits per heavy atom. The van der Waals surface area contributed by atoms with Crippen LogP contribution in [0.2, 0.25) is 0 Å². The third kappa shape index (κ3) is 3.83. The highest BCUT2D eigenvalue weighted by atomic mass is 19.4. The number of hydrogen-bond donors (Lipinski definition) is 3. The molecule has 13 heteroatoms. The molecule has 1 aliphatic heterocycles. The average molecular weight is 418 g/mol. The summed E-state index contributed by atoms with van der Waals surface area (Å²) in [5.41, 5.74) is 1.29.